The third kappa shape index (κ3) is 18.6. The lowest BCUT2D eigenvalue weighted by Gasteiger charge is -2.21. The molecule has 1 aromatic heterocycles. The first-order valence-corrected chi connectivity index (χ1v) is 18.7. The van der Waals surface area contributed by atoms with Gasteiger partial charge in [-0.1, -0.05) is 75.7 Å². The number of nitrogens with zero attached hydrogens (tertiary/aromatic N) is 2. The van der Waals surface area contributed by atoms with Gasteiger partial charge in [-0.15, -0.1) is 0 Å². The normalized spacial score (nSPS) is 11.8. The Labute approximate surface area is 314 Å². The molecule has 0 fully saturated rings. The Morgan fingerprint density at radius 2 is 1.50 bits per heavy atom. The van der Waals surface area contributed by atoms with Crippen LogP contribution in [0.4, 0.5) is 0 Å². The number of likely N-dealkylation sites (N-methyl/N-ethyl adjacent to an activating group) is 1. The molecule has 0 aliphatic rings. The van der Waals surface area contributed by atoms with Crippen LogP contribution >= 0.6 is 0 Å². The summed E-state index contributed by atoms with van der Waals surface area (Å²) in [6.45, 7) is 20.8. The van der Waals surface area contributed by atoms with Crippen molar-refractivity contribution in [2.45, 2.75) is 106 Å². The van der Waals surface area contributed by atoms with Gasteiger partial charge in [0.1, 0.15) is 6.04 Å². The zero-order valence-electron chi connectivity index (χ0n) is 33.9. The molecule has 0 saturated carbocycles. The number of carbonyl (C=O) groups is 2. The molecule has 9 heteroatoms. The Kier molecular flexibility index (Phi) is 21.1. The number of nitrogens with one attached hydrogen (secondary N) is 1. The van der Waals surface area contributed by atoms with Crippen molar-refractivity contribution >= 4 is 11.9 Å². The van der Waals surface area contributed by atoms with Gasteiger partial charge in [0, 0.05) is 30.9 Å². The second kappa shape index (κ2) is 23.7. The highest BCUT2D eigenvalue weighted by Crippen LogP contribution is 2.28. The van der Waals surface area contributed by atoms with Crippen molar-refractivity contribution in [3.05, 3.63) is 93.4 Å². The number of aliphatic hydroxyl groups excluding tert-OH is 1. The Bertz CT molecular complexity index is 1520. The summed E-state index contributed by atoms with van der Waals surface area (Å²) in [5.41, 5.74) is 12.4. The van der Waals surface area contributed by atoms with E-state index in [2.05, 4.69) is 113 Å². The number of esters is 1. The smallest absolute Gasteiger partial charge is 0.307 e. The molecule has 1 atom stereocenters. The number of hydrogen-bond acceptors (Lipinski definition) is 7. The third-order valence-corrected chi connectivity index (χ3v) is 8.54. The van der Waals surface area contributed by atoms with E-state index in [1.807, 2.05) is 6.07 Å². The van der Waals surface area contributed by atoms with Crippen LogP contribution in [0.15, 0.2) is 65.6 Å². The van der Waals surface area contributed by atoms with Gasteiger partial charge in [-0.2, -0.15) is 0 Å². The fourth-order valence-corrected chi connectivity index (χ4v) is 5.49. The molecule has 1 unspecified atom stereocenters. The van der Waals surface area contributed by atoms with Crippen molar-refractivity contribution in [1.29, 1.82) is 0 Å². The van der Waals surface area contributed by atoms with E-state index >= 15 is 0 Å². The van der Waals surface area contributed by atoms with E-state index in [0.29, 0.717) is 18.3 Å². The molecule has 3 aromatic rings. The minimum absolute atomic E-state index is 0.0486. The van der Waals surface area contributed by atoms with E-state index in [1.165, 1.54) is 39.5 Å². The summed E-state index contributed by atoms with van der Waals surface area (Å²) in [5.74, 6) is 0.473. The minimum Gasteiger partial charge on any atom is -0.469 e. The first-order chi connectivity index (χ1) is 24.4. The van der Waals surface area contributed by atoms with Gasteiger partial charge in [-0.3, -0.25) is 14.4 Å². The molecule has 1 heterocycles. The molecule has 0 aliphatic carbocycles. The first-order valence-electron chi connectivity index (χ1n) is 18.7. The topological polar surface area (TPSA) is 127 Å². The number of carbonyl (C=O) groups excluding carboxylic acids is 2. The zero-order chi connectivity index (χ0) is 39.4. The van der Waals surface area contributed by atoms with E-state index in [9.17, 15) is 14.4 Å². The fraction of sp³-hybridized carbons (Fsp3) is 0.558. The second-order valence-electron chi connectivity index (χ2n) is 15.4. The predicted octanol–water partition coefficient (Wildman–Crippen LogP) is 7.02. The molecule has 0 aliphatic heterocycles. The summed E-state index contributed by atoms with van der Waals surface area (Å²) in [6, 6.07) is 18.1. The van der Waals surface area contributed by atoms with Crippen LogP contribution in [0, 0.1) is 32.6 Å². The van der Waals surface area contributed by atoms with Gasteiger partial charge in [0.15, 0.2) is 0 Å². The number of rotatable bonds is 16. The number of amides is 1. The quantitative estimate of drug-likeness (QED) is 0.136. The number of pyridine rings is 1. The lowest BCUT2D eigenvalue weighted by atomic mass is 9.94. The van der Waals surface area contributed by atoms with Crippen molar-refractivity contribution in [3.8, 4) is 11.1 Å². The van der Waals surface area contributed by atoms with Gasteiger partial charge in [-0.25, -0.2) is 0 Å². The van der Waals surface area contributed by atoms with Crippen molar-refractivity contribution in [2.75, 3.05) is 40.4 Å². The molecule has 0 saturated heterocycles. The molecular formula is C43H68N4O5. The molecular weight excluding hydrogens is 652 g/mol. The number of aromatic nitrogens is 1. The highest BCUT2D eigenvalue weighted by Gasteiger charge is 2.22. The number of aryl methyl sites for hydroxylation is 3. The van der Waals surface area contributed by atoms with Crippen LogP contribution in [0.2, 0.25) is 0 Å². The largest absolute Gasteiger partial charge is 0.469 e. The summed E-state index contributed by atoms with van der Waals surface area (Å²) in [4.78, 5) is 39.2. The molecule has 1 amide bonds. The standard InChI is InChI=1S/C24H41N3O4.C15H16.C4H11NO/c1-18(2)7-8-21(24(30)25-13-9-23(29)31-6)27-16-12-20(17-22(27)28)11-15-26(5)14-10-19(3)4;1-11-9-12(2)15(13(3)10-11)14-7-5-4-6-8-14;1-4(2,5)3-6/h12,16-19,21H,7-11,13-15H2,1-6H3,(H,25,30);4-10H,1-3H3;6H,3,5H2,1-2H3. The maximum atomic E-state index is 12.8. The van der Waals surface area contributed by atoms with Crippen LogP contribution in [0.3, 0.4) is 0 Å². The lowest BCUT2D eigenvalue weighted by molar-refractivity contribution is -0.140. The number of benzene rings is 2. The molecule has 3 rings (SSSR count). The maximum Gasteiger partial charge on any atom is 0.307 e. The predicted molar refractivity (Wildman–Crippen MR) is 216 cm³/mol. The van der Waals surface area contributed by atoms with Gasteiger partial charge in [0.25, 0.3) is 5.56 Å². The molecule has 2 aromatic carbocycles. The Morgan fingerprint density at radius 1 is 0.923 bits per heavy atom. The van der Waals surface area contributed by atoms with Crippen molar-refractivity contribution in [1.82, 2.24) is 14.8 Å². The third-order valence-electron chi connectivity index (χ3n) is 8.54. The fourth-order valence-electron chi connectivity index (χ4n) is 5.49. The Balaban J connectivity index is 0.000000525. The number of methoxy groups -OCH3 is 1. The minimum atomic E-state index is -0.588. The molecule has 4 N–H and O–H groups in total. The van der Waals surface area contributed by atoms with Crippen LogP contribution in [0.5, 0.6) is 0 Å². The average Bonchev–Trinajstić information content (AvgIpc) is 3.07. The van der Waals surface area contributed by atoms with E-state index < -0.39 is 11.6 Å². The van der Waals surface area contributed by atoms with Crippen molar-refractivity contribution < 1.29 is 19.4 Å². The van der Waals surface area contributed by atoms with Crippen LogP contribution in [-0.2, 0) is 20.7 Å². The summed E-state index contributed by atoms with van der Waals surface area (Å²) < 4.78 is 6.12. The van der Waals surface area contributed by atoms with Crippen molar-refractivity contribution in [2.24, 2.45) is 17.6 Å². The highest BCUT2D eigenvalue weighted by atomic mass is 16.5. The van der Waals surface area contributed by atoms with Gasteiger partial charge < -0.3 is 30.4 Å². The number of hydrogen-bond donors (Lipinski definition) is 3. The lowest BCUT2D eigenvalue weighted by Crippen LogP contribution is -2.38. The van der Waals surface area contributed by atoms with Crippen LogP contribution in [0.1, 0.15) is 95.5 Å². The molecule has 290 valence electrons. The molecule has 0 spiro atoms. The van der Waals surface area contributed by atoms with E-state index in [1.54, 1.807) is 26.1 Å². The maximum absolute atomic E-state index is 12.8. The molecule has 0 radical (unpaired) electrons. The van der Waals surface area contributed by atoms with Crippen LogP contribution < -0.4 is 16.6 Å². The van der Waals surface area contributed by atoms with Gasteiger partial charge >= 0.3 is 5.97 Å². The summed E-state index contributed by atoms with van der Waals surface area (Å²) in [5, 5.41) is 11.0. The van der Waals surface area contributed by atoms with E-state index in [4.69, 9.17) is 10.8 Å². The second-order valence-corrected chi connectivity index (χ2v) is 15.4. The average molecular weight is 721 g/mol. The Morgan fingerprint density at radius 3 is 2.00 bits per heavy atom. The number of aliphatic hydroxyl groups is 1. The van der Waals surface area contributed by atoms with Crippen molar-refractivity contribution in [3.63, 3.8) is 0 Å². The van der Waals surface area contributed by atoms with Gasteiger partial charge in [0.05, 0.1) is 20.1 Å². The van der Waals surface area contributed by atoms with Gasteiger partial charge in [-0.05, 0) is 120 Å². The number of nitrogens with two attached hydrogens (primary N) is 1. The molecule has 0 bridgehead atoms. The number of ether oxygens (including phenoxy) is 1. The van der Waals surface area contributed by atoms with E-state index in [0.717, 1.165) is 37.9 Å². The molecule has 9 nitrogen and oxygen atoms in total. The zero-order valence-corrected chi connectivity index (χ0v) is 33.9. The Hall–Kier alpha value is -3.79. The van der Waals surface area contributed by atoms with Crippen LogP contribution in [0.25, 0.3) is 11.1 Å². The summed E-state index contributed by atoms with van der Waals surface area (Å²) in [6.07, 6.45) is 5.18. The van der Waals surface area contributed by atoms with Crippen LogP contribution in [-0.4, -0.2) is 72.4 Å². The first kappa shape index (κ1) is 46.2. The monoisotopic (exact) mass is 721 g/mol. The van der Waals surface area contributed by atoms with Gasteiger partial charge in [0.2, 0.25) is 5.91 Å². The summed E-state index contributed by atoms with van der Waals surface area (Å²) >= 11 is 0. The van der Waals surface area contributed by atoms with E-state index in [-0.39, 0.29) is 37.0 Å². The SMILES string of the molecule is CC(C)(N)CO.COC(=O)CCNC(=O)C(CCC(C)C)n1ccc(CCN(C)CCC(C)C)cc1=O.Cc1cc(C)c(-c2ccccc2)c(C)c1. The molecule has 52 heavy (non-hydrogen) atoms. The summed E-state index contributed by atoms with van der Waals surface area (Å²) in [7, 11) is 3.42. The highest BCUT2D eigenvalue weighted by molar-refractivity contribution is 5.81.